The first-order valence-electron chi connectivity index (χ1n) is 8.22. The Labute approximate surface area is 151 Å². The molecular weight excluding hydrogens is 332 g/mol. The molecule has 134 valence electrons. The molecule has 1 aromatic carbocycles. The van der Waals surface area contributed by atoms with E-state index in [1.54, 1.807) is 0 Å². The topological polar surface area (TPSA) is 104 Å². The van der Waals surface area contributed by atoms with Crippen LogP contribution in [0.5, 0.6) is 0 Å². The van der Waals surface area contributed by atoms with Gasteiger partial charge in [-0.15, -0.1) is 0 Å². The van der Waals surface area contributed by atoms with Gasteiger partial charge in [0, 0.05) is 26.2 Å². The summed E-state index contributed by atoms with van der Waals surface area (Å²) in [6, 6.07) is 12.6. The second-order valence-corrected chi connectivity index (χ2v) is 5.66. The molecular formula is C19H20N4O3. The molecule has 2 aromatic rings. The van der Waals surface area contributed by atoms with Crippen LogP contribution in [0.3, 0.4) is 0 Å². The van der Waals surface area contributed by atoms with E-state index in [1.807, 2.05) is 36.4 Å². The average Bonchev–Trinajstić information content (AvgIpc) is 2.66. The van der Waals surface area contributed by atoms with Gasteiger partial charge in [0.2, 0.25) is 0 Å². The monoisotopic (exact) mass is 352 g/mol. The molecule has 1 heterocycles. The first-order chi connectivity index (χ1) is 12.6. The highest BCUT2D eigenvalue weighted by atomic mass is 16.2. The number of amides is 2. The van der Waals surface area contributed by atoms with Crippen LogP contribution in [0.15, 0.2) is 47.4 Å². The Bertz CT molecular complexity index is 882. The SMILES string of the molecule is CNC(=O)c1cc(C(=O)NCCCC#N)cn(Cc2ccccc2)c1=O. The van der Waals surface area contributed by atoms with E-state index in [2.05, 4.69) is 10.6 Å². The molecule has 0 aliphatic heterocycles. The van der Waals surface area contributed by atoms with Gasteiger partial charge in [0.05, 0.1) is 18.2 Å². The summed E-state index contributed by atoms with van der Waals surface area (Å²) in [5.74, 6) is -0.939. The molecule has 0 spiro atoms. The summed E-state index contributed by atoms with van der Waals surface area (Å²) in [7, 11) is 1.43. The summed E-state index contributed by atoms with van der Waals surface area (Å²) < 4.78 is 1.35. The van der Waals surface area contributed by atoms with Crippen molar-refractivity contribution in [1.82, 2.24) is 15.2 Å². The predicted molar refractivity (Wildman–Crippen MR) is 96.8 cm³/mol. The molecule has 0 saturated heterocycles. The lowest BCUT2D eigenvalue weighted by Crippen LogP contribution is -2.34. The number of carbonyl (C=O) groups is 2. The zero-order valence-corrected chi connectivity index (χ0v) is 14.5. The predicted octanol–water partition coefficient (Wildman–Crippen LogP) is 1.29. The van der Waals surface area contributed by atoms with Gasteiger partial charge in [0.15, 0.2) is 0 Å². The van der Waals surface area contributed by atoms with Gasteiger partial charge in [-0.25, -0.2) is 0 Å². The van der Waals surface area contributed by atoms with Crippen molar-refractivity contribution in [3.63, 3.8) is 0 Å². The molecule has 1 aromatic heterocycles. The fourth-order valence-electron chi connectivity index (χ4n) is 2.43. The van der Waals surface area contributed by atoms with Gasteiger partial charge in [-0.05, 0) is 18.1 Å². The van der Waals surface area contributed by atoms with Crippen molar-refractivity contribution in [2.24, 2.45) is 0 Å². The lowest BCUT2D eigenvalue weighted by molar-refractivity contribution is 0.0952. The number of pyridine rings is 1. The summed E-state index contributed by atoms with van der Waals surface area (Å²) in [4.78, 5) is 36.9. The molecule has 0 aliphatic carbocycles. The van der Waals surface area contributed by atoms with E-state index in [0.29, 0.717) is 19.4 Å². The number of benzene rings is 1. The lowest BCUT2D eigenvalue weighted by Gasteiger charge is -2.12. The fraction of sp³-hybridized carbons (Fsp3) is 0.263. The van der Waals surface area contributed by atoms with Crippen molar-refractivity contribution >= 4 is 11.8 Å². The molecule has 7 heteroatoms. The molecule has 0 fully saturated rings. The molecule has 0 saturated carbocycles. The van der Waals surface area contributed by atoms with Gasteiger partial charge >= 0.3 is 0 Å². The standard InChI is InChI=1S/C19H20N4O3/c1-21-18(25)16-11-15(17(24)22-10-6-5-9-20)13-23(19(16)26)12-14-7-3-2-4-8-14/h2-4,7-8,11,13H,5-6,10,12H2,1H3,(H,21,25)(H,22,24). The van der Waals surface area contributed by atoms with Crippen molar-refractivity contribution < 1.29 is 9.59 Å². The fourth-order valence-corrected chi connectivity index (χ4v) is 2.43. The van der Waals surface area contributed by atoms with Gasteiger partial charge in [0.25, 0.3) is 17.4 Å². The highest BCUT2D eigenvalue weighted by Gasteiger charge is 2.16. The number of nitriles is 1. The third kappa shape index (κ3) is 4.80. The molecule has 0 unspecified atom stereocenters. The van der Waals surface area contributed by atoms with Crippen molar-refractivity contribution in [3.8, 4) is 6.07 Å². The van der Waals surface area contributed by atoms with Gasteiger partial charge in [-0.1, -0.05) is 30.3 Å². The Morgan fingerprint density at radius 2 is 1.92 bits per heavy atom. The maximum atomic E-state index is 12.6. The number of rotatable bonds is 7. The minimum absolute atomic E-state index is 0.0897. The van der Waals surface area contributed by atoms with E-state index in [1.165, 1.54) is 23.9 Å². The van der Waals surface area contributed by atoms with Crippen LogP contribution in [0.25, 0.3) is 0 Å². The molecule has 2 amide bonds. The van der Waals surface area contributed by atoms with Gasteiger partial charge < -0.3 is 15.2 Å². The van der Waals surface area contributed by atoms with Crippen molar-refractivity contribution in [2.75, 3.05) is 13.6 Å². The molecule has 0 bridgehead atoms. The van der Waals surface area contributed by atoms with Crippen LogP contribution in [0.2, 0.25) is 0 Å². The molecule has 0 atom stereocenters. The van der Waals surface area contributed by atoms with E-state index in [4.69, 9.17) is 5.26 Å². The first-order valence-corrected chi connectivity index (χ1v) is 8.22. The summed E-state index contributed by atoms with van der Waals surface area (Å²) in [6.07, 6.45) is 2.33. The Balaban J connectivity index is 2.34. The van der Waals surface area contributed by atoms with E-state index >= 15 is 0 Å². The number of nitrogens with one attached hydrogen (secondary N) is 2. The molecule has 7 nitrogen and oxygen atoms in total. The normalized spacial score (nSPS) is 10.0. The maximum Gasteiger partial charge on any atom is 0.263 e. The minimum atomic E-state index is -0.545. The van der Waals surface area contributed by atoms with Crippen molar-refractivity contribution in [2.45, 2.75) is 19.4 Å². The average molecular weight is 352 g/mol. The number of nitrogens with zero attached hydrogens (tertiary/aromatic N) is 2. The summed E-state index contributed by atoms with van der Waals surface area (Å²) in [5.41, 5.74) is 0.544. The number of carbonyl (C=O) groups excluding carboxylic acids is 2. The van der Waals surface area contributed by atoms with Crippen LogP contribution in [0, 0.1) is 11.3 Å². The van der Waals surface area contributed by atoms with Crippen LogP contribution in [-0.4, -0.2) is 30.0 Å². The lowest BCUT2D eigenvalue weighted by atomic mass is 10.1. The van der Waals surface area contributed by atoms with Crippen LogP contribution < -0.4 is 16.2 Å². The first kappa shape index (κ1) is 18.9. The smallest absolute Gasteiger partial charge is 0.263 e. The third-order valence-electron chi connectivity index (χ3n) is 3.77. The zero-order chi connectivity index (χ0) is 18.9. The van der Waals surface area contributed by atoms with Crippen LogP contribution in [0.1, 0.15) is 39.1 Å². The van der Waals surface area contributed by atoms with Crippen molar-refractivity contribution in [3.05, 3.63) is 69.6 Å². The third-order valence-corrected chi connectivity index (χ3v) is 3.77. The summed E-state index contributed by atoms with van der Waals surface area (Å²) in [5, 5.41) is 13.6. The minimum Gasteiger partial charge on any atom is -0.355 e. The van der Waals surface area contributed by atoms with Gasteiger partial charge in [0.1, 0.15) is 5.56 Å². The summed E-state index contributed by atoms with van der Waals surface area (Å²) >= 11 is 0. The Morgan fingerprint density at radius 1 is 1.19 bits per heavy atom. The molecule has 26 heavy (non-hydrogen) atoms. The Morgan fingerprint density at radius 3 is 2.58 bits per heavy atom. The quantitative estimate of drug-likeness (QED) is 0.733. The number of hydrogen-bond donors (Lipinski definition) is 2. The second-order valence-electron chi connectivity index (χ2n) is 5.66. The van der Waals surface area contributed by atoms with Gasteiger partial charge in [-0.2, -0.15) is 5.26 Å². The van der Waals surface area contributed by atoms with E-state index in [-0.39, 0.29) is 17.7 Å². The zero-order valence-electron chi connectivity index (χ0n) is 14.5. The number of aromatic nitrogens is 1. The molecule has 0 radical (unpaired) electrons. The maximum absolute atomic E-state index is 12.6. The largest absolute Gasteiger partial charge is 0.355 e. The highest BCUT2D eigenvalue weighted by Crippen LogP contribution is 2.06. The Hall–Kier alpha value is -3.40. The summed E-state index contributed by atoms with van der Waals surface area (Å²) in [6.45, 7) is 0.596. The molecule has 2 rings (SSSR count). The van der Waals surface area contributed by atoms with Crippen LogP contribution >= 0.6 is 0 Å². The van der Waals surface area contributed by atoms with Crippen LogP contribution in [0.4, 0.5) is 0 Å². The Kier molecular flexibility index (Phi) is 6.68. The molecule has 0 aliphatic rings. The van der Waals surface area contributed by atoms with E-state index in [9.17, 15) is 14.4 Å². The molecule has 2 N–H and O–H groups in total. The van der Waals surface area contributed by atoms with E-state index < -0.39 is 17.4 Å². The number of hydrogen-bond acceptors (Lipinski definition) is 4. The highest BCUT2D eigenvalue weighted by molar-refractivity contribution is 5.99. The second kappa shape index (κ2) is 9.18. The van der Waals surface area contributed by atoms with E-state index in [0.717, 1.165) is 5.56 Å². The van der Waals surface area contributed by atoms with Crippen molar-refractivity contribution in [1.29, 1.82) is 5.26 Å². The number of unbranched alkanes of at least 4 members (excludes halogenated alkanes) is 1. The van der Waals surface area contributed by atoms with Crippen LogP contribution in [-0.2, 0) is 6.54 Å². The van der Waals surface area contributed by atoms with Gasteiger partial charge in [-0.3, -0.25) is 14.4 Å².